The van der Waals surface area contributed by atoms with Crippen molar-refractivity contribution in [3.63, 3.8) is 0 Å². The molecule has 1 aromatic carbocycles. The number of benzene rings is 1. The van der Waals surface area contributed by atoms with Gasteiger partial charge in [0, 0.05) is 18.6 Å². The van der Waals surface area contributed by atoms with Crippen molar-refractivity contribution in [1.82, 2.24) is 4.90 Å². The molecule has 0 saturated carbocycles. The SMILES string of the molecule is CCC(C)c1ccccc1OCC(O)CN1CCOCC1(C)C. The zero-order valence-electron chi connectivity index (χ0n) is 14.9. The van der Waals surface area contributed by atoms with Crippen molar-refractivity contribution >= 4 is 0 Å². The van der Waals surface area contributed by atoms with Crippen LogP contribution in [0, 0.1) is 0 Å². The maximum Gasteiger partial charge on any atom is 0.122 e. The fraction of sp³-hybridized carbons (Fsp3) is 0.684. The highest BCUT2D eigenvalue weighted by Crippen LogP contribution is 2.28. The Morgan fingerprint density at radius 1 is 1.35 bits per heavy atom. The lowest BCUT2D eigenvalue weighted by molar-refractivity contribution is -0.0703. The van der Waals surface area contributed by atoms with Crippen LogP contribution in [0.3, 0.4) is 0 Å². The third-order valence-electron chi connectivity index (χ3n) is 4.74. The standard InChI is InChI=1S/C19H31NO3/c1-5-15(2)17-8-6-7-9-18(17)23-13-16(21)12-20-10-11-22-14-19(20,3)4/h6-9,15-16,21H,5,10-14H2,1-4H3. The molecular formula is C19H31NO3. The van der Waals surface area contributed by atoms with Gasteiger partial charge in [-0.05, 0) is 37.8 Å². The first kappa shape index (κ1) is 18.2. The van der Waals surface area contributed by atoms with Crippen LogP contribution in [0.2, 0.25) is 0 Å². The summed E-state index contributed by atoms with van der Waals surface area (Å²) in [6, 6.07) is 8.13. The molecule has 0 amide bonds. The molecule has 4 heteroatoms. The Labute approximate surface area is 140 Å². The zero-order chi connectivity index (χ0) is 16.9. The van der Waals surface area contributed by atoms with E-state index in [9.17, 15) is 5.11 Å². The summed E-state index contributed by atoms with van der Waals surface area (Å²) in [7, 11) is 0. The van der Waals surface area contributed by atoms with Crippen LogP contribution < -0.4 is 4.74 Å². The monoisotopic (exact) mass is 321 g/mol. The van der Waals surface area contributed by atoms with Crippen LogP contribution in [0.4, 0.5) is 0 Å². The van der Waals surface area contributed by atoms with Crippen LogP contribution in [0.1, 0.15) is 45.6 Å². The molecular weight excluding hydrogens is 290 g/mol. The first-order valence-electron chi connectivity index (χ1n) is 8.66. The van der Waals surface area contributed by atoms with Gasteiger partial charge in [-0.2, -0.15) is 0 Å². The van der Waals surface area contributed by atoms with E-state index in [1.54, 1.807) is 0 Å². The van der Waals surface area contributed by atoms with Crippen LogP contribution in [0.15, 0.2) is 24.3 Å². The second-order valence-corrected chi connectivity index (χ2v) is 7.12. The summed E-state index contributed by atoms with van der Waals surface area (Å²) in [5, 5.41) is 10.4. The normalized spacial score (nSPS) is 20.9. The van der Waals surface area contributed by atoms with E-state index in [0.29, 0.717) is 25.7 Å². The second kappa shape index (κ2) is 8.13. The third kappa shape index (κ3) is 4.93. The Bertz CT molecular complexity index is 489. The van der Waals surface area contributed by atoms with E-state index >= 15 is 0 Å². The van der Waals surface area contributed by atoms with Gasteiger partial charge in [-0.1, -0.05) is 32.0 Å². The van der Waals surface area contributed by atoms with Crippen molar-refractivity contribution in [2.45, 2.75) is 51.7 Å². The number of hydrogen-bond donors (Lipinski definition) is 1. The van der Waals surface area contributed by atoms with E-state index in [1.807, 2.05) is 18.2 Å². The summed E-state index contributed by atoms with van der Waals surface area (Å²) in [5.41, 5.74) is 1.18. The number of β-amino-alcohol motifs (C(OH)–C–C–N with tert-alkyl or cyclic N) is 1. The number of ether oxygens (including phenoxy) is 2. The molecule has 0 spiro atoms. The molecule has 1 heterocycles. The average Bonchev–Trinajstić information content (AvgIpc) is 2.54. The van der Waals surface area contributed by atoms with Gasteiger partial charge in [0.05, 0.1) is 13.2 Å². The molecule has 1 aliphatic heterocycles. The number of rotatable bonds is 7. The molecule has 23 heavy (non-hydrogen) atoms. The van der Waals surface area contributed by atoms with Crippen LogP contribution in [0.25, 0.3) is 0 Å². The van der Waals surface area contributed by atoms with E-state index in [0.717, 1.165) is 25.3 Å². The highest BCUT2D eigenvalue weighted by Gasteiger charge is 2.31. The minimum Gasteiger partial charge on any atom is -0.491 e. The molecule has 2 atom stereocenters. The molecule has 2 rings (SSSR count). The quantitative estimate of drug-likeness (QED) is 0.838. The van der Waals surface area contributed by atoms with Crippen molar-refractivity contribution in [3.8, 4) is 5.75 Å². The minimum atomic E-state index is -0.502. The van der Waals surface area contributed by atoms with Crippen molar-refractivity contribution in [3.05, 3.63) is 29.8 Å². The topological polar surface area (TPSA) is 41.9 Å². The van der Waals surface area contributed by atoms with Gasteiger partial charge in [-0.25, -0.2) is 0 Å². The van der Waals surface area contributed by atoms with E-state index in [1.165, 1.54) is 5.56 Å². The fourth-order valence-corrected chi connectivity index (χ4v) is 2.96. The summed E-state index contributed by atoms with van der Waals surface area (Å²) in [5.74, 6) is 1.35. The van der Waals surface area contributed by atoms with Gasteiger partial charge in [0.2, 0.25) is 0 Å². The Hall–Kier alpha value is -1.10. The first-order valence-corrected chi connectivity index (χ1v) is 8.66. The molecule has 130 valence electrons. The number of morpholine rings is 1. The van der Waals surface area contributed by atoms with E-state index in [-0.39, 0.29) is 5.54 Å². The predicted octanol–water partition coefficient (Wildman–Crippen LogP) is 3.05. The van der Waals surface area contributed by atoms with E-state index in [4.69, 9.17) is 9.47 Å². The summed E-state index contributed by atoms with van der Waals surface area (Å²) in [4.78, 5) is 2.28. The fourth-order valence-electron chi connectivity index (χ4n) is 2.96. The van der Waals surface area contributed by atoms with Gasteiger partial charge in [-0.3, -0.25) is 4.90 Å². The first-order chi connectivity index (χ1) is 10.9. The van der Waals surface area contributed by atoms with Crippen molar-refractivity contribution in [1.29, 1.82) is 0 Å². The van der Waals surface area contributed by atoms with Crippen molar-refractivity contribution < 1.29 is 14.6 Å². The highest BCUT2D eigenvalue weighted by molar-refractivity contribution is 5.35. The van der Waals surface area contributed by atoms with Gasteiger partial charge >= 0.3 is 0 Å². The maximum atomic E-state index is 10.4. The average molecular weight is 321 g/mol. The molecule has 1 saturated heterocycles. The molecule has 1 N–H and O–H groups in total. The Morgan fingerprint density at radius 2 is 2.09 bits per heavy atom. The summed E-state index contributed by atoms with van der Waals surface area (Å²) >= 11 is 0. The van der Waals surface area contributed by atoms with Gasteiger partial charge < -0.3 is 14.6 Å². The number of nitrogens with zero attached hydrogens (tertiary/aromatic N) is 1. The molecule has 4 nitrogen and oxygen atoms in total. The van der Waals surface area contributed by atoms with Crippen molar-refractivity contribution in [2.75, 3.05) is 32.9 Å². The van der Waals surface area contributed by atoms with Gasteiger partial charge in [-0.15, -0.1) is 0 Å². The van der Waals surface area contributed by atoms with E-state index in [2.05, 4.69) is 38.7 Å². The number of aliphatic hydroxyl groups is 1. The maximum absolute atomic E-state index is 10.4. The lowest BCUT2D eigenvalue weighted by atomic mass is 9.98. The minimum absolute atomic E-state index is 0.0339. The summed E-state index contributed by atoms with van der Waals surface area (Å²) in [6.07, 6.45) is 0.572. The molecule has 2 unspecified atom stereocenters. The molecule has 1 fully saturated rings. The van der Waals surface area contributed by atoms with Gasteiger partial charge in [0.1, 0.15) is 18.5 Å². The summed E-state index contributed by atoms with van der Waals surface area (Å²) in [6.45, 7) is 11.9. The number of aliphatic hydroxyl groups excluding tert-OH is 1. The Balaban J connectivity index is 1.91. The largest absolute Gasteiger partial charge is 0.491 e. The van der Waals surface area contributed by atoms with Crippen LogP contribution in [0.5, 0.6) is 5.75 Å². The van der Waals surface area contributed by atoms with E-state index < -0.39 is 6.10 Å². The number of para-hydroxylation sites is 1. The molecule has 0 aromatic heterocycles. The van der Waals surface area contributed by atoms with Crippen LogP contribution in [-0.4, -0.2) is 54.6 Å². The van der Waals surface area contributed by atoms with Crippen molar-refractivity contribution in [2.24, 2.45) is 0 Å². The highest BCUT2D eigenvalue weighted by atomic mass is 16.5. The number of hydrogen-bond acceptors (Lipinski definition) is 4. The molecule has 0 aliphatic carbocycles. The lowest BCUT2D eigenvalue weighted by Gasteiger charge is -2.42. The Morgan fingerprint density at radius 3 is 2.78 bits per heavy atom. The summed E-state index contributed by atoms with van der Waals surface area (Å²) < 4.78 is 11.4. The predicted molar refractivity (Wildman–Crippen MR) is 93.1 cm³/mol. The molecule has 0 bridgehead atoms. The van der Waals surface area contributed by atoms with Gasteiger partial charge in [0.15, 0.2) is 0 Å². The Kier molecular flexibility index (Phi) is 6.45. The smallest absolute Gasteiger partial charge is 0.122 e. The van der Waals surface area contributed by atoms with Crippen LogP contribution in [-0.2, 0) is 4.74 Å². The van der Waals surface area contributed by atoms with Crippen LogP contribution >= 0.6 is 0 Å². The zero-order valence-corrected chi connectivity index (χ0v) is 14.9. The lowest BCUT2D eigenvalue weighted by Crippen LogP contribution is -2.55. The molecule has 1 aromatic rings. The van der Waals surface area contributed by atoms with Gasteiger partial charge in [0.25, 0.3) is 0 Å². The molecule has 0 radical (unpaired) electrons. The third-order valence-corrected chi connectivity index (χ3v) is 4.74. The molecule has 1 aliphatic rings. The second-order valence-electron chi connectivity index (χ2n) is 7.12.